The minimum atomic E-state index is 0.470. The summed E-state index contributed by atoms with van der Waals surface area (Å²) in [5, 5.41) is 3.30. The minimum Gasteiger partial charge on any atom is -0.485 e. The number of aryl methyl sites for hydroxylation is 2. The molecule has 0 aliphatic heterocycles. The van der Waals surface area contributed by atoms with Gasteiger partial charge in [0, 0.05) is 12.1 Å². The van der Waals surface area contributed by atoms with Crippen LogP contribution in [0.15, 0.2) is 34.7 Å². The average Bonchev–Trinajstić information content (AvgIpc) is 2.76. The predicted octanol–water partition coefficient (Wildman–Crippen LogP) is 3.58. The maximum absolute atomic E-state index is 5.78. The van der Waals surface area contributed by atoms with E-state index in [0.717, 1.165) is 35.9 Å². The molecular weight excluding hydrogens is 238 g/mol. The van der Waals surface area contributed by atoms with E-state index < -0.39 is 0 Å². The number of nitrogens with one attached hydrogen (secondary N) is 1. The number of furan rings is 1. The Balaban J connectivity index is 1.98. The third kappa shape index (κ3) is 3.61. The number of hydrogen-bond donors (Lipinski definition) is 1. The summed E-state index contributed by atoms with van der Waals surface area (Å²) in [7, 11) is 0. The van der Waals surface area contributed by atoms with E-state index in [4.69, 9.17) is 9.15 Å². The van der Waals surface area contributed by atoms with Crippen molar-refractivity contribution in [2.24, 2.45) is 0 Å². The molecule has 0 saturated heterocycles. The van der Waals surface area contributed by atoms with Gasteiger partial charge in [-0.1, -0.05) is 25.1 Å². The molecule has 3 heteroatoms. The third-order valence-corrected chi connectivity index (χ3v) is 3.10. The van der Waals surface area contributed by atoms with Crippen LogP contribution in [0, 0.1) is 13.8 Å². The topological polar surface area (TPSA) is 34.4 Å². The number of rotatable bonds is 6. The van der Waals surface area contributed by atoms with Crippen LogP contribution in [-0.4, -0.2) is 6.54 Å². The molecule has 0 radical (unpaired) electrons. The number of ether oxygens (including phenoxy) is 1. The highest BCUT2D eigenvalue weighted by molar-refractivity contribution is 5.32. The highest BCUT2D eigenvalue weighted by atomic mass is 16.5. The lowest BCUT2D eigenvalue weighted by Crippen LogP contribution is -2.11. The van der Waals surface area contributed by atoms with Gasteiger partial charge in [0.1, 0.15) is 23.9 Å². The van der Waals surface area contributed by atoms with Crippen LogP contribution in [0.1, 0.15) is 29.6 Å². The Morgan fingerprint density at radius 3 is 2.74 bits per heavy atom. The van der Waals surface area contributed by atoms with Crippen LogP contribution >= 0.6 is 0 Å². The smallest absolute Gasteiger partial charge is 0.146 e. The Labute approximate surface area is 114 Å². The zero-order valence-corrected chi connectivity index (χ0v) is 11.8. The lowest BCUT2D eigenvalue weighted by atomic mass is 10.2. The van der Waals surface area contributed by atoms with Crippen molar-refractivity contribution in [2.45, 2.75) is 33.9 Å². The number of hydrogen-bond acceptors (Lipinski definition) is 3. The standard InChI is InChI=1S/C16H21NO2/c1-4-17-10-14-9-15(19-13(14)3)11-18-16-8-6-5-7-12(16)2/h5-9,17H,4,10-11H2,1-3H3. The van der Waals surface area contributed by atoms with E-state index in [1.54, 1.807) is 0 Å². The van der Waals surface area contributed by atoms with Gasteiger partial charge in [0.2, 0.25) is 0 Å². The molecular formula is C16H21NO2. The molecule has 1 N–H and O–H groups in total. The van der Waals surface area contributed by atoms with Crippen molar-refractivity contribution in [1.29, 1.82) is 0 Å². The molecule has 0 unspecified atom stereocenters. The monoisotopic (exact) mass is 259 g/mol. The quantitative estimate of drug-likeness (QED) is 0.861. The van der Waals surface area contributed by atoms with Crippen molar-refractivity contribution in [2.75, 3.05) is 6.54 Å². The van der Waals surface area contributed by atoms with Crippen molar-refractivity contribution in [3.05, 3.63) is 53.0 Å². The summed E-state index contributed by atoms with van der Waals surface area (Å²) in [5.74, 6) is 2.74. The van der Waals surface area contributed by atoms with Gasteiger partial charge in [-0.2, -0.15) is 0 Å². The lowest BCUT2D eigenvalue weighted by Gasteiger charge is -2.06. The summed E-state index contributed by atoms with van der Waals surface area (Å²) < 4.78 is 11.5. The van der Waals surface area contributed by atoms with E-state index in [9.17, 15) is 0 Å². The second-order valence-electron chi connectivity index (χ2n) is 4.63. The molecule has 3 nitrogen and oxygen atoms in total. The Morgan fingerprint density at radius 1 is 1.21 bits per heavy atom. The van der Waals surface area contributed by atoms with E-state index >= 15 is 0 Å². The molecule has 0 aliphatic rings. The summed E-state index contributed by atoms with van der Waals surface area (Å²) in [6, 6.07) is 10.1. The SMILES string of the molecule is CCNCc1cc(COc2ccccc2C)oc1C. The molecule has 102 valence electrons. The minimum absolute atomic E-state index is 0.470. The molecule has 0 atom stereocenters. The van der Waals surface area contributed by atoms with Gasteiger partial charge in [-0.25, -0.2) is 0 Å². The predicted molar refractivity (Wildman–Crippen MR) is 76.3 cm³/mol. The van der Waals surface area contributed by atoms with Crippen LogP contribution in [0.25, 0.3) is 0 Å². The zero-order valence-electron chi connectivity index (χ0n) is 11.8. The molecule has 0 spiro atoms. The van der Waals surface area contributed by atoms with Gasteiger partial charge >= 0.3 is 0 Å². The maximum Gasteiger partial charge on any atom is 0.146 e. The molecule has 0 fully saturated rings. The second-order valence-corrected chi connectivity index (χ2v) is 4.63. The highest BCUT2D eigenvalue weighted by Crippen LogP contribution is 2.20. The van der Waals surface area contributed by atoms with Crippen LogP contribution in [0.4, 0.5) is 0 Å². The fraction of sp³-hybridized carbons (Fsp3) is 0.375. The first-order chi connectivity index (χ1) is 9.20. The lowest BCUT2D eigenvalue weighted by molar-refractivity contribution is 0.266. The van der Waals surface area contributed by atoms with Gasteiger partial charge < -0.3 is 14.5 Å². The van der Waals surface area contributed by atoms with Crippen LogP contribution in [0.3, 0.4) is 0 Å². The molecule has 1 aromatic carbocycles. The van der Waals surface area contributed by atoms with Gasteiger partial charge in [0.25, 0.3) is 0 Å². The fourth-order valence-electron chi connectivity index (χ4n) is 1.96. The molecule has 0 amide bonds. The van der Waals surface area contributed by atoms with Crippen LogP contribution < -0.4 is 10.1 Å². The molecule has 1 heterocycles. The molecule has 19 heavy (non-hydrogen) atoms. The Hall–Kier alpha value is -1.74. The summed E-state index contributed by atoms with van der Waals surface area (Å²) in [6.45, 7) is 8.40. The summed E-state index contributed by atoms with van der Waals surface area (Å²) in [4.78, 5) is 0. The van der Waals surface area contributed by atoms with E-state index in [0.29, 0.717) is 6.61 Å². The molecule has 0 saturated carbocycles. The fourth-order valence-corrected chi connectivity index (χ4v) is 1.96. The van der Waals surface area contributed by atoms with E-state index in [1.807, 2.05) is 38.1 Å². The first kappa shape index (κ1) is 13.7. The normalized spacial score (nSPS) is 10.7. The van der Waals surface area contributed by atoms with Crippen LogP contribution in [-0.2, 0) is 13.2 Å². The van der Waals surface area contributed by atoms with E-state index in [-0.39, 0.29) is 0 Å². The highest BCUT2D eigenvalue weighted by Gasteiger charge is 2.08. The van der Waals surface area contributed by atoms with Gasteiger partial charge in [-0.05, 0) is 38.1 Å². The van der Waals surface area contributed by atoms with Crippen molar-refractivity contribution in [1.82, 2.24) is 5.32 Å². The average molecular weight is 259 g/mol. The Morgan fingerprint density at radius 2 is 2.00 bits per heavy atom. The van der Waals surface area contributed by atoms with E-state index in [2.05, 4.69) is 18.3 Å². The Bertz CT molecular complexity index is 531. The van der Waals surface area contributed by atoms with Gasteiger partial charge in [0.05, 0.1) is 0 Å². The Kier molecular flexibility index (Phi) is 4.63. The van der Waals surface area contributed by atoms with Crippen molar-refractivity contribution in [3.8, 4) is 5.75 Å². The molecule has 0 bridgehead atoms. The van der Waals surface area contributed by atoms with Gasteiger partial charge in [-0.15, -0.1) is 0 Å². The molecule has 1 aromatic heterocycles. The number of benzene rings is 1. The second kappa shape index (κ2) is 6.43. The first-order valence-electron chi connectivity index (χ1n) is 6.68. The molecule has 0 aliphatic carbocycles. The number of para-hydroxylation sites is 1. The first-order valence-corrected chi connectivity index (χ1v) is 6.68. The van der Waals surface area contributed by atoms with Gasteiger partial charge in [-0.3, -0.25) is 0 Å². The molecule has 2 rings (SSSR count). The van der Waals surface area contributed by atoms with Crippen molar-refractivity contribution < 1.29 is 9.15 Å². The summed E-state index contributed by atoms with van der Waals surface area (Å²) in [6.07, 6.45) is 0. The largest absolute Gasteiger partial charge is 0.485 e. The van der Waals surface area contributed by atoms with Gasteiger partial charge in [0.15, 0.2) is 0 Å². The van der Waals surface area contributed by atoms with Crippen molar-refractivity contribution >= 4 is 0 Å². The van der Waals surface area contributed by atoms with E-state index in [1.165, 1.54) is 5.56 Å². The zero-order chi connectivity index (χ0) is 13.7. The molecule has 2 aromatic rings. The summed E-state index contributed by atoms with van der Waals surface area (Å²) >= 11 is 0. The maximum atomic E-state index is 5.78. The third-order valence-electron chi connectivity index (χ3n) is 3.10. The summed E-state index contributed by atoms with van der Waals surface area (Å²) in [5.41, 5.74) is 2.34. The van der Waals surface area contributed by atoms with Crippen molar-refractivity contribution in [3.63, 3.8) is 0 Å². The van der Waals surface area contributed by atoms with Crippen LogP contribution in [0.2, 0.25) is 0 Å². The van der Waals surface area contributed by atoms with Crippen LogP contribution in [0.5, 0.6) is 5.75 Å².